The minimum atomic E-state index is -1.20. The lowest BCUT2D eigenvalue weighted by molar-refractivity contribution is 0.0591. The number of aliphatic hydroxyl groups excluding tert-OH is 1. The van der Waals surface area contributed by atoms with E-state index in [1.54, 1.807) is 12.1 Å². The average Bonchev–Trinajstić information content (AvgIpc) is 2.92. The molecule has 2 aromatic carbocycles. The summed E-state index contributed by atoms with van der Waals surface area (Å²) in [5.41, 5.74) is 0.769. The Morgan fingerprint density at radius 3 is 1.79 bits per heavy atom. The van der Waals surface area contributed by atoms with Crippen LogP contribution in [0.1, 0.15) is 66.6 Å². The standard InChI is InChI=1S/C17H16BrNO6.C10H10O4/c1-24-15-6-5-11(18)16(19-15)14(22)8-13(21)10-4-3-9(7-12(10)20)17(23)25-2;1-6(11)8-4-3-7(5-9(8)12)10(13)14-2/h3-7,14,20,22H,8H2,1-2H3;3-5,12H,1-2H3. The van der Waals surface area contributed by atoms with E-state index in [0.29, 0.717) is 10.4 Å². The SMILES string of the molecule is COC(=O)c1ccc(C(=O)CC(O)c2nc(OC)ccc2Br)c(O)c1.COC(=O)c1ccc(C(C)=O)c(O)c1. The Kier molecular flexibility index (Phi) is 11.1. The van der Waals surface area contributed by atoms with Crippen molar-refractivity contribution in [3.63, 3.8) is 0 Å². The van der Waals surface area contributed by atoms with Gasteiger partial charge in [-0.3, -0.25) is 9.59 Å². The highest BCUT2D eigenvalue weighted by molar-refractivity contribution is 9.10. The summed E-state index contributed by atoms with van der Waals surface area (Å²) >= 11 is 3.26. The molecule has 39 heavy (non-hydrogen) atoms. The van der Waals surface area contributed by atoms with Crippen molar-refractivity contribution in [3.8, 4) is 17.4 Å². The molecule has 0 amide bonds. The lowest BCUT2D eigenvalue weighted by Crippen LogP contribution is -2.10. The van der Waals surface area contributed by atoms with E-state index in [0.717, 1.165) is 6.07 Å². The van der Waals surface area contributed by atoms with Gasteiger partial charge in [0.2, 0.25) is 5.88 Å². The number of esters is 2. The van der Waals surface area contributed by atoms with Crippen LogP contribution in [0.4, 0.5) is 0 Å². The Bertz CT molecular complexity index is 1390. The van der Waals surface area contributed by atoms with Gasteiger partial charge in [0, 0.05) is 17.0 Å². The summed E-state index contributed by atoms with van der Waals surface area (Å²) < 4.78 is 14.5. The van der Waals surface area contributed by atoms with Crippen LogP contribution in [0.3, 0.4) is 0 Å². The number of hydrogen-bond donors (Lipinski definition) is 3. The minimum absolute atomic E-state index is 0.00859. The maximum atomic E-state index is 12.4. The third kappa shape index (κ3) is 8.09. The number of carbonyl (C=O) groups is 4. The van der Waals surface area contributed by atoms with Crippen molar-refractivity contribution in [2.24, 2.45) is 0 Å². The lowest BCUT2D eigenvalue weighted by Gasteiger charge is -2.13. The highest BCUT2D eigenvalue weighted by Crippen LogP contribution is 2.29. The summed E-state index contributed by atoms with van der Waals surface area (Å²) in [5, 5.41) is 29.6. The number of benzene rings is 2. The highest BCUT2D eigenvalue weighted by atomic mass is 79.9. The van der Waals surface area contributed by atoms with Crippen LogP contribution in [-0.4, -0.2) is 65.1 Å². The number of methoxy groups -OCH3 is 3. The smallest absolute Gasteiger partial charge is 0.337 e. The number of nitrogens with zero attached hydrogens (tertiary/aromatic N) is 1. The number of phenolic OH excluding ortho intramolecular Hbond substituents is 2. The van der Waals surface area contributed by atoms with E-state index < -0.39 is 23.8 Å². The zero-order valence-electron chi connectivity index (χ0n) is 21.4. The van der Waals surface area contributed by atoms with Gasteiger partial charge in [-0.2, -0.15) is 0 Å². The number of carbonyl (C=O) groups excluding carboxylic acids is 4. The molecule has 0 aliphatic rings. The Balaban J connectivity index is 0.000000322. The number of halogens is 1. The first kappa shape index (κ1) is 30.9. The highest BCUT2D eigenvalue weighted by Gasteiger charge is 2.22. The maximum Gasteiger partial charge on any atom is 0.337 e. The zero-order chi connectivity index (χ0) is 29.3. The lowest BCUT2D eigenvalue weighted by atomic mass is 10.0. The predicted molar refractivity (Wildman–Crippen MR) is 141 cm³/mol. The second-order valence-electron chi connectivity index (χ2n) is 7.87. The number of ether oxygens (including phenoxy) is 3. The number of phenols is 2. The molecule has 0 fully saturated rings. The van der Waals surface area contributed by atoms with E-state index in [1.165, 1.54) is 58.6 Å². The maximum absolute atomic E-state index is 12.4. The van der Waals surface area contributed by atoms with Gasteiger partial charge in [-0.25, -0.2) is 14.6 Å². The number of aromatic nitrogens is 1. The van der Waals surface area contributed by atoms with Crippen LogP contribution in [0.15, 0.2) is 53.0 Å². The molecule has 0 aliphatic heterocycles. The monoisotopic (exact) mass is 603 g/mol. The van der Waals surface area contributed by atoms with Gasteiger partial charge in [0.25, 0.3) is 0 Å². The molecule has 1 atom stereocenters. The molecule has 0 radical (unpaired) electrons. The van der Waals surface area contributed by atoms with Gasteiger partial charge in [-0.15, -0.1) is 0 Å². The van der Waals surface area contributed by atoms with Crippen molar-refractivity contribution in [3.05, 3.63) is 81.0 Å². The first-order valence-electron chi connectivity index (χ1n) is 11.2. The van der Waals surface area contributed by atoms with E-state index in [1.807, 2.05) is 0 Å². The summed E-state index contributed by atoms with van der Waals surface area (Å²) in [6, 6.07) is 11.1. The second kappa shape index (κ2) is 14.0. The number of pyridine rings is 1. The van der Waals surface area contributed by atoms with Gasteiger partial charge < -0.3 is 29.5 Å². The van der Waals surface area contributed by atoms with E-state index in [-0.39, 0.29) is 51.7 Å². The van der Waals surface area contributed by atoms with Crippen LogP contribution in [0.2, 0.25) is 0 Å². The van der Waals surface area contributed by atoms with E-state index in [4.69, 9.17) is 4.74 Å². The molecule has 1 aromatic heterocycles. The van der Waals surface area contributed by atoms with Crippen LogP contribution >= 0.6 is 15.9 Å². The molecular weight excluding hydrogens is 578 g/mol. The van der Waals surface area contributed by atoms with E-state index in [9.17, 15) is 34.5 Å². The molecule has 0 spiro atoms. The van der Waals surface area contributed by atoms with Crippen molar-refractivity contribution in [1.29, 1.82) is 0 Å². The molecule has 206 valence electrons. The average molecular weight is 604 g/mol. The van der Waals surface area contributed by atoms with Crippen molar-refractivity contribution >= 4 is 39.4 Å². The molecule has 0 aliphatic carbocycles. The van der Waals surface area contributed by atoms with Crippen molar-refractivity contribution in [2.45, 2.75) is 19.4 Å². The second-order valence-corrected chi connectivity index (χ2v) is 8.72. The number of hydrogen-bond acceptors (Lipinski definition) is 11. The van der Waals surface area contributed by atoms with E-state index >= 15 is 0 Å². The molecule has 11 nitrogen and oxygen atoms in total. The predicted octanol–water partition coefficient (Wildman–Crippen LogP) is 4.03. The van der Waals surface area contributed by atoms with Crippen LogP contribution < -0.4 is 4.74 Å². The first-order valence-corrected chi connectivity index (χ1v) is 12.0. The van der Waals surface area contributed by atoms with Crippen molar-refractivity contribution in [2.75, 3.05) is 21.3 Å². The summed E-state index contributed by atoms with van der Waals surface area (Å²) in [6.45, 7) is 1.34. The molecule has 0 saturated carbocycles. The first-order chi connectivity index (χ1) is 18.4. The molecular formula is C27H26BrNO10. The van der Waals surface area contributed by atoms with Crippen LogP contribution in [0.5, 0.6) is 17.4 Å². The largest absolute Gasteiger partial charge is 0.507 e. The quantitative estimate of drug-likeness (QED) is 0.251. The third-order valence-electron chi connectivity index (χ3n) is 5.27. The van der Waals surface area contributed by atoms with Gasteiger partial charge in [0.05, 0.1) is 49.3 Å². The van der Waals surface area contributed by atoms with Crippen molar-refractivity contribution in [1.82, 2.24) is 4.98 Å². The third-order valence-corrected chi connectivity index (χ3v) is 5.94. The molecule has 1 heterocycles. The fourth-order valence-electron chi connectivity index (χ4n) is 3.26. The number of aromatic hydroxyl groups is 2. The summed E-state index contributed by atoms with van der Waals surface area (Å²) in [7, 11) is 3.91. The van der Waals surface area contributed by atoms with E-state index in [2.05, 4.69) is 30.4 Å². The summed E-state index contributed by atoms with van der Waals surface area (Å²) in [6.07, 6.45) is -1.50. The number of Topliss-reactive ketones (excluding diaryl/α,β-unsaturated/α-hetero) is 2. The van der Waals surface area contributed by atoms with Gasteiger partial charge in [-0.1, -0.05) is 0 Å². The zero-order valence-corrected chi connectivity index (χ0v) is 23.0. The van der Waals surface area contributed by atoms with Gasteiger partial charge in [0.1, 0.15) is 17.6 Å². The molecule has 0 saturated heterocycles. The van der Waals surface area contributed by atoms with Gasteiger partial charge in [0.15, 0.2) is 11.6 Å². The molecule has 12 heteroatoms. The Morgan fingerprint density at radius 1 is 0.846 bits per heavy atom. The fourth-order valence-corrected chi connectivity index (χ4v) is 3.74. The molecule has 3 aromatic rings. The summed E-state index contributed by atoms with van der Waals surface area (Å²) in [4.78, 5) is 49.9. The van der Waals surface area contributed by atoms with Crippen molar-refractivity contribution < 1.29 is 48.7 Å². The Labute approximate surface area is 232 Å². The number of ketones is 2. The van der Waals surface area contributed by atoms with Crippen LogP contribution in [0, 0.1) is 0 Å². The minimum Gasteiger partial charge on any atom is -0.507 e. The van der Waals surface area contributed by atoms with Crippen LogP contribution in [0.25, 0.3) is 0 Å². The van der Waals surface area contributed by atoms with Gasteiger partial charge >= 0.3 is 11.9 Å². The topological polar surface area (TPSA) is 170 Å². The number of aliphatic hydroxyl groups is 1. The normalized spacial score (nSPS) is 10.9. The van der Waals surface area contributed by atoms with Gasteiger partial charge in [-0.05, 0) is 65.3 Å². The molecule has 0 bridgehead atoms. The molecule has 1 unspecified atom stereocenters. The van der Waals surface area contributed by atoms with Crippen LogP contribution in [-0.2, 0) is 9.47 Å². The Hall–Kier alpha value is -4.29. The fraction of sp³-hybridized carbons (Fsp3) is 0.222. The summed E-state index contributed by atoms with van der Waals surface area (Å²) in [5.74, 6) is -2.20. The molecule has 3 rings (SSSR count). The number of rotatable bonds is 8. The Morgan fingerprint density at radius 2 is 1.36 bits per heavy atom. The molecule has 3 N–H and O–H groups in total.